The Hall–Kier alpha value is -0.730. The zero-order chi connectivity index (χ0) is 10.4. The van der Waals surface area contributed by atoms with Crippen molar-refractivity contribution in [2.45, 2.75) is 31.8 Å². The summed E-state index contributed by atoms with van der Waals surface area (Å²) in [5.41, 5.74) is 3.25. The Morgan fingerprint density at radius 1 is 1.40 bits per heavy atom. The van der Waals surface area contributed by atoms with Gasteiger partial charge in [-0.2, -0.15) is 0 Å². The fourth-order valence-electron chi connectivity index (χ4n) is 2.61. The van der Waals surface area contributed by atoms with E-state index in [4.69, 9.17) is 16.3 Å². The van der Waals surface area contributed by atoms with Crippen LogP contribution in [0.1, 0.15) is 35.6 Å². The van der Waals surface area contributed by atoms with Gasteiger partial charge in [0.05, 0.1) is 12.7 Å². The number of halogens is 1. The van der Waals surface area contributed by atoms with E-state index in [1.165, 1.54) is 5.56 Å². The number of hydrogen-bond donors (Lipinski definition) is 1. The predicted octanol–water partition coefficient (Wildman–Crippen LogP) is 2.64. The quantitative estimate of drug-likeness (QED) is 0.734. The van der Waals surface area contributed by atoms with Crippen LogP contribution in [0, 0.1) is 0 Å². The van der Waals surface area contributed by atoms with E-state index in [9.17, 15) is 5.11 Å². The first kappa shape index (κ1) is 9.49. The van der Waals surface area contributed by atoms with Crippen LogP contribution in [-0.2, 0) is 12.8 Å². The Kier molecular flexibility index (Phi) is 2.15. The molecule has 0 radical (unpaired) electrons. The van der Waals surface area contributed by atoms with Crippen molar-refractivity contribution < 1.29 is 9.84 Å². The summed E-state index contributed by atoms with van der Waals surface area (Å²) >= 11 is 6.21. The molecule has 1 aliphatic carbocycles. The van der Waals surface area contributed by atoms with Gasteiger partial charge in [-0.25, -0.2) is 0 Å². The van der Waals surface area contributed by atoms with Gasteiger partial charge in [-0.1, -0.05) is 11.6 Å². The molecule has 0 saturated heterocycles. The molecule has 0 amide bonds. The molecule has 1 aromatic rings. The van der Waals surface area contributed by atoms with Crippen LogP contribution >= 0.6 is 11.6 Å². The van der Waals surface area contributed by atoms with Crippen molar-refractivity contribution in [3.8, 4) is 5.75 Å². The van der Waals surface area contributed by atoms with E-state index in [1.54, 1.807) is 0 Å². The van der Waals surface area contributed by atoms with Gasteiger partial charge in [0.15, 0.2) is 0 Å². The molecule has 0 aromatic heterocycles. The minimum absolute atomic E-state index is 0.407. The summed E-state index contributed by atoms with van der Waals surface area (Å²) in [5.74, 6) is 0.994. The second-order valence-electron chi connectivity index (χ2n) is 4.25. The van der Waals surface area contributed by atoms with Crippen molar-refractivity contribution in [3.63, 3.8) is 0 Å². The fraction of sp³-hybridized carbons (Fsp3) is 0.500. The Balaban J connectivity index is 2.24. The van der Waals surface area contributed by atoms with E-state index in [0.29, 0.717) is 5.02 Å². The Morgan fingerprint density at radius 3 is 3.13 bits per heavy atom. The first-order chi connectivity index (χ1) is 7.27. The van der Waals surface area contributed by atoms with Gasteiger partial charge < -0.3 is 9.84 Å². The van der Waals surface area contributed by atoms with E-state index in [2.05, 4.69) is 0 Å². The summed E-state index contributed by atoms with van der Waals surface area (Å²) in [6, 6.07) is 1.96. The predicted molar refractivity (Wildman–Crippen MR) is 58.5 cm³/mol. The molecule has 15 heavy (non-hydrogen) atoms. The molecule has 1 aliphatic heterocycles. The largest absolute Gasteiger partial charge is 0.493 e. The lowest BCUT2D eigenvalue weighted by molar-refractivity contribution is 0.155. The van der Waals surface area contributed by atoms with E-state index in [-0.39, 0.29) is 0 Å². The molecule has 3 heteroatoms. The third-order valence-electron chi connectivity index (χ3n) is 3.30. The second kappa shape index (κ2) is 3.39. The molecule has 0 fully saturated rings. The smallest absolute Gasteiger partial charge is 0.126 e. The number of hydrogen-bond acceptors (Lipinski definition) is 2. The van der Waals surface area contributed by atoms with Crippen molar-refractivity contribution in [1.29, 1.82) is 0 Å². The summed E-state index contributed by atoms with van der Waals surface area (Å²) in [6.45, 7) is 0.748. The number of aliphatic hydroxyl groups is 1. The van der Waals surface area contributed by atoms with Crippen molar-refractivity contribution in [2.75, 3.05) is 6.61 Å². The summed E-state index contributed by atoms with van der Waals surface area (Å²) in [7, 11) is 0. The maximum Gasteiger partial charge on any atom is 0.126 e. The molecule has 2 aliphatic rings. The van der Waals surface area contributed by atoms with Gasteiger partial charge in [0, 0.05) is 22.6 Å². The van der Waals surface area contributed by atoms with Crippen LogP contribution in [0.15, 0.2) is 6.07 Å². The van der Waals surface area contributed by atoms with Crippen LogP contribution < -0.4 is 4.74 Å². The monoisotopic (exact) mass is 224 g/mol. The van der Waals surface area contributed by atoms with Crippen molar-refractivity contribution >= 4 is 11.6 Å². The third-order valence-corrected chi connectivity index (χ3v) is 3.62. The zero-order valence-electron chi connectivity index (χ0n) is 8.42. The molecule has 2 nitrogen and oxygen atoms in total. The summed E-state index contributed by atoms with van der Waals surface area (Å²) in [6.07, 6.45) is 3.35. The zero-order valence-corrected chi connectivity index (χ0v) is 9.18. The Labute approximate surface area is 93.8 Å². The molecule has 0 saturated carbocycles. The molecule has 1 atom stereocenters. The molecular formula is C12H13ClO2. The lowest BCUT2D eigenvalue weighted by atomic mass is 9.87. The highest BCUT2D eigenvalue weighted by Crippen LogP contribution is 2.43. The highest BCUT2D eigenvalue weighted by atomic mass is 35.5. The average molecular weight is 225 g/mol. The third kappa shape index (κ3) is 1.35. The van der Waals surface area contributed by atoms with Gasteiger partial charge >= 0.3 is 0 Å². The molecule has 80 valence electrons. The summed E-state index contributed by atoms with van der Waals surface area (Å²) in [5, 5.41) is 10.6. The minimum Gasteiger partial charge on any atom is -0.493 e. The molecule has 1 aromatic carbocycles. The topological polar surface area (TPSA) is 29.5 Å². The second-order valence-corrected chi connectivity index (χ2v) is 4.65. The molecule has 1 unspecified atom stereocenters. The van der Waals surface area contributed by atoms with Crippen LogP contribution in [-0.4, -0.2) is 11.7 Å². The van der Waals surface area contributed by atoms with Crippen molar-refractivity contribution in [3.05, 3.63) is 27.8 Å². The van der Waals surface area contributed by atoms with E-state index < -0.39 is 6.10 Å². The van der Waals surface area contributed by atoms with Gasteiger partial charge in [-0.15, -0.1) is 0 Å². The lowest BCUT2D eigenvalue weighted by Gasteiger charge is -2.24. The molecule has 0 spiro atoms. The molecule has 1 N–H and O–H groups in total. The van der Waals surface area contributed by atoms with Crippen LogP contribution in [0.3, 0.4) is 0 Å². The number of ether oxygens (including phenoxy) is 1. The van der Waals surface area contributed by atoms with Gasteiger partial charge in [-0.3, -0.25) is 0 Å². The van der Waals surface area contributed by atoms with Crippen LogP contribution in [0.4, 0.5) is 0 Å². The minimum atomic E-state index is -0.407. The number of aliphatic hydroxyl groups excluding tert-OH is 1. The highest BCUT2D eigenvalue weighted by Gasteiger charge is 2.28. The first-order valence-electron chi connectivity index (χ1n) is 5.42. The van der Waals surface area contributed by atoms with Gasteiger partial charge in [0.1, 0.15) is 5.75 Å². The SMILES string of the molecule is OC1CCCc2c3c(cc(Cl)c21)CCO3. The van der Waals surface area contributed by atoms with Crippen LogP contribution in [0.25, 0.3) is 0 Å². The molecular weight excluding hydrogens is 212 g/mol. The lowest BCUT2D eigenvalue weighted by Crippen LogP contribution is -2.11. The standard InChI is InChI=1S/C12H13ClO2/c13-9-6-7-4-5-15-12(7)8-2-1-3-10(14)11(8)9/h6,10,14H,1-5H2. The first-order valence-corrected chi connectivity index (χ1v) is 5.80. The van der Waals surface area contributed by atoms with Gasteiger partial charge in [-0.05, 0) is 30.9 Å². The normalized spacial score (nSPS) is 23.2. The van der Waals surface area contributed by atoms with E-state index in [0.717, 1.165) is 49.2 Å². The van der Waals surface area contributed by atoms with Gasteiger partial charge in [0.25, 0.3) is 0 Å². The Morgan fingerprint density at radius 2 is 2.27 bits per heavy atom. The number of fused-ring (bicyclic) bond motifs is 3. The number of rotatable bonds is 0. The number of benzene rings is 1. The van der Waals surface area contributed by atoms with Gasteiger partial charge in [0.2, 0.25) is 0 Å². The average Bonchev–Trinajstić information content (AvgIpc) is 2.65. The van der Waals surface area contributed by atoms with Crippen LogP contribution in [0.5, 0.6) is 5.75 Å². The Bertz CT molecular complexity index is 415. The fourth-order valence-corrected chi connectivity index (χ4v) is 2.98. The highest BCUT2D eigenvalue weighted by molar-refractivity contribution is 6.31. The van der Waals surface area contributed by atoms with Crippen LogP contribution in [0.2, 0.25) is 5.02 Å². The maximum absolute atomic E-state index is 9.93. The molecule has 0 bridgehead atoms. The summed E-state index contributed by atoms with van der Waals surface area (Å²) in [4.78, 5) is 0. The summed E-state index contributed by atoms with van der Waals surface area (Å²) < 4.78 is 5.63. The van der Waals surface area contributed by atoms with Crippen molar-refractivity contribution in [2.24, 2.45) is 0 Å². The van der Waals surface area contributed by atoms with E-state index >= 15 is 0 Å². The molecule has 1 heterocycles. The maximum atomic E-state index is 9.93. The van der Waals surface area contributed by atoms with Crippen molar-refractivity contribution in [1.82, 2.24) is 0 Å². The van der Waals surface area contributed by atoms with E-state index in [1.807, 2.05) is 6.07 Å². The molecule has 3 rings (SSSR count).